The fourth-order valence-electron chi connectivity index (χ4n) is 7.25. The van der Waals surface area contributed by atoms with Crippen LogP contribution in [0.25, 0.3) is 45.8 Å². The Kier molecular flexibility index (Phi) is 12.4. The van der Waals surface area contributed by atoms with Gasteiger partial charge >= 0.3 is 0 Å². The van der Waals surface area contributed by atoms with Gasteiger partial charge < -0.3 is 20.8 Å². The highest BCUT2D eigenvalue weighted by atomic mass is 16.3. The van der Waals surface area contributed by atoms with E-state index in [0.29, 0.717) is 33.5 Å². The van der Waals surface area contributed by atoms with Gasteiger partial charge in [-0.3, -0.25) is 9.59 Å². The van der Waals surface area contributed by atoms with E-state index >= 15 is 0 Å². The zero-order valence-corrected chi connectivity index (χ0v) is 35.3. The minimum Gasteiger partial charge on any atom is -0.505 e. The molecule has 0 atom stereocenters. The van der Waals surface area contributed by atoms with E-state index in [-0.39, 0.29) is 34.0 Å². The van der Waals surface area contributed by atoms with Gasteiger partial charge in [-0.25, -0.2) is 0 Å². The molecule has 66 heavy (non-hydrogen) atoms. The number of benzene rings is 9. The maximum atomic E-state index is 13.2. The molecule has 0 heterocycles. The molecule has 0 spiro atoms. The molecule has 0 aliphatic heterocycles. The van der Waals surface area contributed by atoms with Crippen LogP contribution in [0.1, 0.15) is 43.0 Å². The van der Waals surface area contributed by atoms with Crippen molar-refractivity contribution in [1.82, 2.24) is 0 Å². The number of amides is 2. The number of nitrogens with zero attached hydrogens (tertiary/aromatic N) is 4. The second kappa shape index (κ2) is 19.4. The fourth-order valence-corrected chi connectivity index (χ4v) is 7.25. The Morgan fingerprint density at radius 3 is 1.06 bits per heavy atom. The minimum absolute atomic E-state index is 0.104. The van der Waals surface area contributed by atoms with Gasteiger partial charge in [0, 0.05) is 22.1 Å². The summed E-state index contributed by atoms with van der Waals surface area (Å²) in [5, 5.41) is 48.6. The number of anilines is 2. The van der Waals surface area contributed by atoms with Crippen molar-refractivity contribution >= 4 is 91.8 Å². The molecule has 9 aromatic rings. The number of phenolic OH excluding ortho intramolecular Hbond substituents is 2. The van der Waals surface area contributed by atoms with E-state index in [2.05, 4.69) is 31.1 Å². The summed E-state index contributed by atoms with van der Waals surface area (Å²) in [6, 6.07) is 59.6. The van der Waals surface area contributed by atoms with Crippen molar-refractivity contribution in [1.29, 1.82) is 0 Å². The smallest absolute Gasteiger partial charge is 0.259 e. The molecular weight excluding hydrogens is 821 g/mol. The summed E-state index contributed by atoms with van der Waals surface area (Å²) in [7, 11) is 0. The first-order chi connectivity index (χ1) is 32.3. The fraction of sp³-hybridized carbons (Fsp3) is 0. The van der Waals surface area contributed by atoms with Gasteiger partial charge in [-0.1, -0.05) is 158 Å². The monoisotopic (exact) mass is 860 g/mol. The first-order valence-corrected chi connectivity index (χ1v) is 21.1. The van der Waals surface area contributed by atoms with Gasteiger partial charge in [0.05, 0.1) is 22.5 Å². The van der Waals surface area contributed by atoms with Crippen molar-refractivity contribution in [3.8, 4) is 11.5 Å². The topological polar surface area (TPSA) is 148 Å². The van der Waals surface area contributed by atoms with Gasteiger partial charge in [0.15, 0.2) is 11.5 Å². The van der Waals surface area contributed by atoms with Crippen molar-refractivity contribution in [3.63, 3.8) is 0 Å². The van der Waals surface area contributed by atoms with Crippen LogP contribution in [0.3, 0.4) is 0 Å². The molecule has 0 aromatic heterocycles. The van der Waals surface area contributed by atoms with Gasteiger partial charge in [0.25, 0.3) is 11.8 Å². The first-order valence-electron chi connectivity index (χ1n) is 21.1. The summed E-state index contributed by atoms with van der Waals surface area (Å²) in [6.07, 6.45) is 8.10. The van der Waals surface area contributed by atoms with E-state index in [1.807, 2.05) is 182 Å². The number of carbonyl (C=O) groups excluding carboxylic acids is 2. The molecule has 2 amide bonds. The first kappa shape index (κ1) is 42.0. The molecule has 0 saturated heterocycles. The Bertz CT molecular complexity index is 3110. The van der Waals surface area contributed by atoms with Gasteiger partial charge in [-0.05, 0) is 93.7 Å². The highest BCUT2D eigenvalue weighted by Crippen LogP contribution is 2.41. The summed E-state index contributed by atoms with van der Waals surface area (Å²) in [4.78, 5) is 26.3. The lowest BCUT2D eigenvalue weighted by Crippen LogP contribution is -2.12. The molecule has 0 bridgehead atoms. The van der Waals surface area contributed by atoms with Crippen LogP contribution in [0, 0.1) is 0 Å². The minimum atomic E-state index is -0.447. The molecule has 0 aliphatic carbocycles. The lowest BCUT2D eigenvalue weighted by atomic mass is 10.0. The molecule has 9 aromatic carbocycles. The van der Waals surface area contributed by atoms with Crippen LogP contribution in [-0.2, 0) is 0 Å². The lowest BCUT2D eigenvalue weighted by molar-refractivity contribution is 0.101. The quantitative estimate of drug-likeness (QED) is 0.0715. The van der Waals surface area contributed by atoms with E-state index in [4.69, 9.17) is 0 Å². The Labute approximate surface area is 380 Å². The summed E-state index contributed by atoms with van der Waals surface area (Å²) < 4.78 is 0. The van der Waals surface area contributed by atoms with Crippen LogP contribution in [0.4, 0.5) is 34.1 Å². The van der Waals surface area contributed by atoms with Crippen LogP contribution in [0.15, 0.2) is 215 Å². The maximum absolute atomic E-state index is 13.2. The SMILES string of the molecule is O=C(Nc1ccccc1)c1cc2ccccc2c(N=Nc2ccc(/C=C/c3ccc(/C=C/c4ccc(N=Nc5c(O)c(C(=O)Nc6ccccc6)cc6ccccc56)cc4)cc3)cc2)c1O. The van der Waals surface area contributed by atoms with E-state index < -0.39 is 11.8 Å². The third-order valence-corrected chi connectivity index (χ3v) is 10.7. The van der Waals surface area contributed by atoms with Crippen LogP contribution < -0.4 is 10.6 Å². The molecule has 10 nitrogen and oxygen atoms in total. The molecular formula is C56H40N6O4. The zero-order valence-electron chi connectivity index (χ0n) is 35.3. The molecule has 0 fully saturated rings. The van der Waals surface area contributed by atoms with Crippen molar-refractivity contribution in [2.75, 3.05) is 10.6 Å². The van der Waals surface area contributed by atoms with E-state index in [1.54, 1.807) is 36.4 Å². The van der Waals surface area contributed by atoms with E-state index in [9.17, 15) is 19.8 Å². The van der Waals surface area contributed by atoms with Gasteiger partial charge in [0.1, 0.15) is 11.4 Å². The molecule has 0 unspecified atom stereocenters. The average molecular weight is 861 g/mol. The molecule has 4 N–H and O–H groups in total. The maximum Gasteiger partial charge on any atom is 0.259 e. The van der Waals surface area contributed by atoms with E-state index in [0.717, 1.165) is 33.0 Å². The third kappa shape index (κ3) is 9.83. The number of carbonyl (C=O) groups is 2. The van der Waals surface area contributed by atoms with Crippen molar-refractivity contribution in [3.05, 3.63) is 228 Å². The van der Waals surface area contributed by atoms with Crippen molar-refractivity contribution < 1.29 is 19.8 Å². The summed E-state index contributed by atoms with van der Waals surface area (Å²) >= 11 is 0. The number of phenols is 2. The van der Waals surface area contributed by atoms with Gasteiger partial charge in [-0.15, -0.1) is 10.2 Å². The molecule has 0 radical (unpaired) electrons. The third-order valence-electron chi connectivity index (χ3n) is 10.7. The van der Waals surface area contributed by atoms with Gasteiger partial charge in [0.2, 0.25) is 0 Å². The standard InChI is InChI=1S/C56H40N6O4/c63-53-49(55(65)57-43-13-3-1-4-14-43)35-41-11-7-9-17-47(41)51(53)61-59-45-31-27-39(28-32-45)25-23-37-19-21-38(22-20-37)24-26-40-29-33-46(34-30-40)60-62-52-48-18-10-8-12-42(48)36-50(54(52)64)56(66)58-44-15-5-2-6-16-44/h1-36,63-64H,(H,57,65)(H,58,66)/b25-23+,26-24+,61-59?,62-60?. The van der Waals surface area contributed by atoms with Gasteiger partial charge in [-0.2, -0.15) is 10.2 Å². The number of fused-ring (bicyclic) bond motifs is 2. The molecule has 318 valence electrons. The molecule has 10 heteroatoms. The van der Waals surface area contributed by atoms with Crippen LogP contribution >= 0.6 is 0 Å². The zero-order chi connectivity index (χ0) is 45.2. The van der Waals surface area contributed by atoms with Crippen molar-refractivity contribution in [2.24, 2.45) is 20.5 Å². The average Bonchev–Trinajstić information content (AvgIpc) is 3.35. The summed E-state index contributed by atoms with van der Waals surface area (Å²) in [5.74, 6) is -1.38. The lowest BCUT2D eigenvalue weighted by Gasteiger charge is -2.11. The van der Waals surface area contributed by atoms with Crippen LogP contribution in [-0.4, -0.2) is 22.0 Å². The Hall–Kier alpha value is -9.28. The Morgan fingerprint density at radius 2 is 0.697 bits per heavy atom. The number of rotatable bonds is 12. The second-order valence-corrected chi connectivity index (χ2v) is 15.2. The molecule has 0 aliphatic rings. The largest absolute Gasteiger partial charge is 0.505 e. The Balaban J connectivity index is 0.825. The normalized spacial score (nSPS) is 11.6. The molecule has 9 rings (SSSR count). The highest BCUT2D eigenvalue weighted by Gasteiger charge is 2.20. The number of nitrogens with one attached hydrogen (secondary N) is 2. The second-order valence-electron chi connectivity index (χ2n) is 15.2. The number of para-hydroxylation sites is 2. The predicted octanol–water partition coefficient (Wildman–Crippen LogP) is 15.1. The van der Waals surface area contributed by atoms with Crippen LogP contribution in [0.5, 0.6) is 11.5 Å². The van der Waals surface area contributed by atoms with Crippen molar-refractivity contribution in [2.45, 2.75) is 0 Å². The predicted molar refractivity (Wildman–Crippen MR) is 266 cm³/mol. The summed E-state index contributed by atoms with van der Waals surface area (Å²) in [5.41, 5.74) is 7.06. The number of hydrogen-bond donors (Lipinski definition) is 4. The number of azo groups is 2. The highest BCUT2D eigenvalue weighted by molar-refractivity contribution is 6.13. The van der Waals surface area contributed by atoms with E-state index in [1.165, 1.54) is 0 Å². The van der Waals surface area contributed by atoms with Crippen LogP contribution in [0.2, 0.25) is 0 Å². The summed E-state index contributed by atoms with van der Waals surface area (Å²) in [6.45, 7) is 0. The molecule has 0 saturated carbocycles. The Morgan fingerprint density at radius 1 is 0.379 bits per heavy atom. The number of hydrogen-bond acceptors (Lipinski definition) is 8. The number of aromatic hydroxyl groups is 2.